The highest BCUT2D eigenvalue weighted by Gasteiger charge is 2.15. The van der Waals surface area contributed by atoms with Gasteiger partial charge >= 0.3 is 5.97 Å². The fourth-order valence-electron chi connectivity index (χ4n) is 1.74. The van der Waals surface area contributed by atoms with Gasteiger partial charge in [0.25, 0.3) is 0 Å². The zero-order valence-corrected chi connectivity index (χ0v) is 11.3. The summed E-state index contributed by atoms with van der Waals surface area (Å²) in [5.41, 5.74) is 0.887. The minimum atomic E-state index is -1.13. The van der Waals surface area contributed by atoms with Crippen LogP contribution in [0.4, 0.5) is 0 Å². The fourth-order valence-corrected chi connectivity index (χ4v) is 2.23. The van der Waals surface area contributed by atoms with Crippen molar-refractivity contribution in [1.29, 1.82) is 0 Å². The Labute approximate surface area is 122 Å². The molecular weight excluding hydrogens is 303 g/mol. The van der Waals surface area contributed by atoms with E-state index < -0.39 is 5.97 Å². The van der Waals surface area contributed by atoms with Gasteiger partial charge < -0.3 is 5.11 Å². The molecule has 2 heterocycles. The molecule has 0 saturated carbocycles. The van der Waals surface area contributed by atoms with Crippen molar-refractivity contribution < 1.29 is 9.90 Å². The summed E-state index contributed by atoms with van der Waals surface area (Å²) in [4.78, 5) is 11.0. The van der Waals surface area contributed by atoms with E-state index in [1.54, 1.807) is 18.2 Å². The van der Waals surface area contributed by atoms with E-state index in [4.69, 9.17) is 28.3 Å². The van der Waals surface area contributed by atoms with Gasteiger partial charge in [-0.2, -0.15) is 9.61 Å². The van der Waals surface area contributed by atoms with E-state index in [1.807, 2.05) is 0 Å². The number of aromatic nitrogens is 4. The predicted molar refractivity (Wildman–Crippen MR) is 73.2 cm³/mol. The average molecular weight is 309 g/mol. The van der Waals surface area contributed by atoms with Gasteiger partial charge in [-0.25, -0.2) is 4.79 Å². The van der Waals surface area contributed by atoms with Gasteiger partial charge in [0.2, 0.25) is 0 Å². The Kier molecular flexibility index (Phi) is 3.04. The summed E-state index contributed by atoms with van der Waals surface area (Å²) in [6.45, 7) is 0. The lowest BCUT2D eigenvalue weighted by atomic mass is 10.2. The van der Waals surface area contributed by atoms with Gasteiger partial charge in [0.1, 0.15) is 0 Å². The lowest BCUT2D eigenvalue weighted by molar-refractivity contribution is 0.0689. The quantitative estimate of drug-likeness (QED) is 0.787. The molecule has 2 aromatic heterocycles. The fraction of sp³-hybridized carbons (Fsp3) is 0. The first-order valence-electron chi connectivity index (χ1n) is 5.47. The maximum atomic E-state index is 11.0. The van der Waals surface area contributed by atoms with Gasteiger partial charge in [-0.05, 0) is 30.3 Å². The van der Waals surface area contributed by atoms with E-state index in [9.17, 15) is 4.79 Å². The number of aromatic carboxylic acids is 1. The lowest BCUT2D eigenvalue weighted by Crippen LogP contribution is -2.05. The lowest BCUT2D eigenvalue weighted by Gasteiger charge is -2.03. The summed E-state index contributed by atoms with van der Waals surface area (Å²) in [5, 5.41) is 21.7. The van der Waals surface area contributed by atoms with E-state index in [1.165, 1.54) is 16.6 Å². The van der Waals surface area contributed by atoms with Crippen LogP contribution < -0.4 is 0 Å². The molecule has 0 saturated heterocycles. The van der Waals surface area contributed by atoms with Crippen LogP contribution in [0.5, 0.6) is 0 Å². The molecule has 6 nitrogen and oxygen atoms in total. The molecule has 0 unspecified atom stereocenters. The first kappa shape index (κ1) is 12.8. The van der Waals surface area contributed by atoms with Crippen LogP contribution in [0.1, 0.15) is 10.5 Å². The third-order valence-electron chi connectivity index (χ3n) is 2.65. The minimum absolute atomic E-state index is 0.108. The number of carboxylic acids is 1. The first-order chi connectivity index (χ1) is 9.56. The highest BCUT2D eigenvalue weighted by Crippen LogP contribution is 2.29. The Bertz CT molecular complexity index is 831. The molecule has 0 aliphatic rings. The topological polar surface area (TPSA) is 80.4 Å². The molecule has 0 spiro atoms. The Morgan fingerprint density at radius 1 is 1.15 bits per heavy atom. The maximum absolute atomic E-state index is 11.0. The highest BCUT2D eigenvalue weighted by molar-refractivity contribution is 6.36. The molecule has 0 aliphatic heterocycles. The molecular formula is C12H6Cl2N4O2. The minimum Gasteiger partial charge on any atom is -0.476 e. The zero-order chi connectivity index (χ0) is 14.3. The summed E-state index contributed by atoms with van der Waals surface area (Å²) in [5.74, 6) is -0.779. The Morgan fingerprint density at radius 3 is 2.65 bits per heavy atom. The van der Waals surface area contributed by atoms with Gasteiger partial charge in [-0.3, -0.25) is 0 Å². The number of carboxylic acid groups (broad SMARTS) is 1. The Morgan fingerprint density at radius 2 is 1.95 bits per heavy atom. The van der Waals surface area contributed by atoms with E-state index >= 15 is 0 Å². The number of hydrogen-bond acceptors (Lipinski definition) is 4. The van der Waals surface area contributed by atoms with Crippen LogP contribution in [0.2, 0.25) is 10.0 Å². The first-order valence-corrected chi connectivity index (χ1v) is 6.23. The number of halogens is 2. The third kappa shape index (κ3) is 2.09. The molecule has 1 aromatic carbocycles. The monoisotopic (exact) mass is 308 g/mol. The normalized spacial score (nSPS) is 10.9. The SMILES string of the molecule is O=C(O)c1ccc2nnc(-c3ccc(Cl)cc3Cl)n2n1. The molecule has 20 heavy (non-hydrogen) atoms. The van der Waals surface area contributed by atoms with Gasteiger partial charge in [0.15, 0.2) is 17.2 Å². The van der Waals surface area contributed by atoms with Crippen molar-refractivity contribution >= 4 is 34.8 Å². The Balaban J connectivity index is 2.25. The smallest absolute Gasteiger partial charge is 0.356 e. The van der Waals surface area contributed by atoms with Crippen molar-refractivity contribution in [2.45, 2.75) is 0 Å². The van der Waals surface area contributed by atoms with E-state index in [-0.39, 0.29) is 5.69 Å². The van der Waals surface area contributed by atoms with Crippen LogP contribution >= 0.6 is 23.2 Å². The molecule has 0 bridgehead atoms. The van der Waals surface area contributed by atoms with Gasteiger partial charge in [0, 0.05) is 10.6 Å². The predicted octanol–water partition coefficient (Wildman–Crippen LogP) is 2.80. The molecule has 0 radical (unpaired) electrons. The van der Waals surface area contributed by atoms with Crippen LogP contribution in [-0.2, 0) is 0 Å². The van der Waals surface area contributed by atoms with Crippen molar-refractivity contribution in [3.63, 3.8) is 0 Å². The second-order valence-electron chi connectivity index (χ2n) is 3.94. The number of rotatable bonds is 2. The summed E-state index contributed by atoms with van der Waals surface area (Å²) in [6.07, 6.45) is 0. The molecule has 0 atom stereocenters. The molecule has 100 valence electrons. The number of carbonyl (C=O) groups is 1. The second kappa shape index (κ2) is 4.73. The van der Waals surface area contributed by atoms with Crippen LogP contribution in [0.15, 0.2) is 30.3 Å². The molecule has 3 aromatic rings. The van der Waals surface area contributed by atoms with E-state index in [0.29, 0.717) is 27.1 Å². The van der Waals surface area contributed by atoms with Crippen molar-refractivity contribution in [2.24, 2.45) is 0 Å². The van der Waals surface area contributed by atoms with E-state index in [2.05, 4.69) is 15.3 Å². The summed E-state index contributed by atoms with van der Waals surface area (Å²) >= 11 is 12.0. The number of fused-ring (bicyclic) bond motifs is 1. The number of nitrogens with zero attached hydrogens (tertiary/aromatic N) is 4. The zero-order valence-electron chi connectivity index (χ0n) is 9.79. The van der Waals surface area contributed by atoms with Crippen molar-refractivity contribution in [1.82, 2.24) is 19.8 Å². The van der Waals surface area contributed by atoms with E-state index in [0.717, 1.165) is 0 Å². The Hall–Kier alpha value is -2.18. The van der Waals surface area contributed by atoms with Gasteiger partial charge in [-0.15, -0.1) is 10.2 Å². The standard InChI is InChI=1S/C12H6Cl2N4O2/c13-6-1-2-7(8(14)5-6)11-16-15-10-4-3-9(12(19)20)17-18(10)11/h1-5H,(H,19,20). The highest BCUT2D eigenvalue weighted by atomic mass is 35.5. The second-order valence-corrected chi connectivity index (χ2v) is 4.79. The molecule has 3 rings (SSSR count). The van der Waals surface area contributed by atoms with Crippen molar-refractivity contribution in [2.75, 3.05) is 0 Å². The van der Waals surface area contributed by atoms with Crippen LogP contribution in [0, 0.1) is 0 Å². The largest absolute Gasteiger partial charge is 0.476 e. The van der Waals surface area contributed by atoms with Crippen molar-refractivity contribution in [3.8, 4) is 11.4 Å². The van der Waals surface area contributed by atoms with Crippen LogP contribution in [0.25, 0.3) is 17.0 Å². The average Bonchev–Trinajstić information content (AvgIpc) is 2.81. The molecule has 1 N–H and O–H groups in total. The van der Waals surface area contributed by atoms with Gasteiger partial charge in [0.05, 0.1) is 5.02 Å². The number of hydrogen-bond donors (Lipinski definition) is 1. The van der Waals surface area contributed by atoms with Crippen LogP contribution in [0.3, 0.4) is 0 Å². The third-order valence-corrected chi connectivity index (χ3v) is 3.20. The number of benzene rings is 1. The molecule has 0 aliphatic carbocycles. The summed E-state index contributed by atoms with van der Waals surface area (Å²) in [6, 6.07) is 7.79. The summed E-state index contributed by atoms with van der Waals surface area (Å²) in [7, 11) is 0. The maximum Gasteiger partial charge on any atom is 0.356 e. The van der Waals surface area contributed by atoms with Crippen LogP contribution in [-0.4, -0.2) is 30.9 Å². The molecule has 0 amide bonds. The van der Waals surface area contributed by atoms with Crippen molar-refractivity contribution in [3.05, 3.63) is 46.1 Å². The summed E-state index contributed by atoms with van der Waals surface area (Å²) < 4.78 is 1.33. The molecule has 0 fully saturated rings. The molecule has 8 heteroatoms. The van der Waals surface area contributed by atoms with Gasteiger partial charge in [-0.1, -0.05) is 23.2 Å².